The molecule has 0 spiro atoms. The molecule has 6 nitrogen and oxygen atoms in total. The average molecular weight is 328 g/mol. The van der Waals surface area contributed by atoms with E-state index in [4.69, 9.17) is 21.0 Å². The molecule has 24 heavy (non-hydrogen) atoms. The lowest BCUT2D eigenvalue weighted by Crippen LogP contribution is -2.25. The first kappa shape index (κ1) is 17.7. The first-order chi connectivity index (χ1) is 11.6. The van der Waals surface area contributed by atoms with Crippen molar-refractivity contribution in [1.29, 1.82) is 5.41 Å². The monoisotopic (exact) mass is 328 g/mol. The van der Waals surface area contributed by atoms with Gasteiger partial charge in [-0.1, -0.05) is 0 Å². The van der Waals surface area contributed by atoms with Gasteiger partial charge in [-0.15, -0.1) is 0 Å². The standard InChI is InChI=1S/C18H24N4O2/c1-3-22(9-10-23)14-7-5-13(6-8-14)21-17-12-18(24-4-2)16(20)11-15(17)19/h5-8,11-12,19,23H,3-4,9-10,20H2,1-2H3. The number of ether oxygens (including phenoxy) is 1. The number of likely N-dealkylation sites (N-methyl/N-ethyl adjacent to an activating group) is 1. The number of hydrogen-bond donors (Lipinski definition) is 3. The largest absolute Gasteiger partial charge is 0.492 e. The fourth-order valence-electron chi connectivity index (χ4n) is 2.43. The Morgan fingerprint density at radius 2 is 1.92 bits per heavy atom. The van der Waals surface area contributed by atoms with Crippen molar-refractivity contribution in [3.63, 3.8) is 0 Å². The van der Waals surface area contributed by atoms with Gasteiger partial charge in [-0.25, -0.2) is 4.99 Å². The van der Waals surface area contributed by atoms with Crippen LogP contribution < -0.4 is 10.6 Å². The second-order valence-electron chi connectivity index (χ2n) is 5.27. The fraction of sp³-hybridized carbons (Fsp3) is 0.333. The molecule has 0 aliphatic heterocycles. The minimum absolute atomic E-state index is 0.119. The maximum absolute atomic E-state index is 9.10. The molecule has 0 fully saturated rings. The predicted molar refractivity (Wildman–Crippen MR) is 98.2 cm³/mol. The summed E-state index contributed by atoms with van der Waals surface area (Å²) in [5.74, 6) is 0.545. The molecule has 0 bridgehead atoms. The van der Waals surface area contributed by atoms with E-state index >= 15 is 0 Å². The van der Waals surface area contributed by atoms with E-state index in [0.29, 0.717) is 30.3 Å². The Kier molecular flexibility index (Phi) is 6.14. The molecule has 0 aromatic heterocycles. The molecular weight excluding hydrogens is 304 g/mol. The van der Waals surface area contributed by atoms with Crippen LogP contribution in [-0.2, 0) is 4.74 Å². The molecule has 0 amide bonds. The molecule has 1 aliphatic carbocycles. The maximum atomic E-state index is 9.10. The van der Waals surface area contributed by atoms with Crippen molar-refractivity contribution in [2.75, 3.05) is 31.2 Å². The van der Waals surface area contributed by atoms with Crippen LogP contribution >= 0.6 is 0 Å². The molecule has 2 rings (SSSR count). The van der Waals surface area contributed by atoms with E-state index in [1.165, 1.54) is 0 Å². The average Bonchev–Trinajstić information content (AvgIpc) is 2.58. The Hall–Kier alpha value is -2.60. The molecule has 6 heteroatoms. The topological polar surface area (TPSA) is 94.9 Å². The first-order valence-corrected chi connectivity index (χ1v) is 8.04. The van der Waals surface area contributed by atoms with Crippen LogP contribution in [0, 0.1) is 5.41 Å². The highest BCUT2D eigenvalue weighted by molar-refractivity contribution is 6.50. The molecular formula is C18H24N4O2. The Balaban J connectivity index is 2.23. The van der Waals surface area contributed by atoms with Crippen LogP contribution in [0.5, 0.6) is 0 Å². The number of aliphatic hydroxyl groups excluding tert-OH is 1. The summed E-state index contributed by atoms with van der Waals surface area (Å²) in [6.07, 6.45) is 3.25. The number of nitrogens with one attached hydrogen (secondary N) is 1. The molecule has 1 aromatic carbocycles. The number of aliphatic hydroxyl groups is 1. The number of rotatable bonds is 7. The quantitative estimate of drug-likeness (QED) is 0.670. The molecule has 0 saturated carbocycles. The Labute approximate surface area is 142 Å². The molecule has 0 saturated heterocycles. The number of allylic oxidation sites excluding steroid dienone is 2. The van der Waals surface area contributed by atoms with E-state index in [1.807, 2.05) is 38.1 Å². The number of nitrogens with two attached hydrogens (primary N) is 1. The van der Waals surface area contributed by atoms with Crippen molar-refractivity contribution >= 4 is 22.8 Å². The lowest BCUT2D eigenvalue weighted by Gasteiger charge is -2.22. The van der Waals surface area contributed by atoms with Gasteiger partial charge in [-0.2, -0.15) is 0 Å². The summed E-state index contributed by atoms with van der Waals surface area (Å²) in [5, 5.41) is 17.1. The summed E-state index contributed by atoms with van der Waals surface area (Å²) in [7, 11) is 0. The minimum Gasteiger partial charge on any atom is -0.492 e. The van der Waals surface area contributed by atoms with E-state index < -0.39 is 0 Å². The highest BCUT2D eigenvalue weighted by Gasteiger charge is 2.15. The molecule has 0 atom stereocenters. The SMILES string of the molecule is CCOC1=CC(=Nc2ccc(N(CC)CCO)cc2)C(=N)C=C1N. The van der Waals surface area contributed by atoms with Gasteiger partial charge in [-0.05, 0) is 44.2 Å². The lowest BCUT2D eigenvalue weighted by molar-refractivity contribution is 0.237. The summed E-state index contributed by atoms with van der Waals surface area (Å²) < 4.78 is 5.46. The van der Waals surface area contributed by atoms with Crippen molar-refractivity contribution in [2.24, 2.45) is 10.7 Å². The zero-order valence-corrected chi connectivity index (χ0v) is 14.1. The van der Waals surface area contributed by atoms with Crippen LogP contribution in [0.4, 0.5) is 11.4 Å². The third-order valence-electron chi connectivity index (χ3n) is 3.64. The number of benzene rings is 1. The molecule has 0 radical (unpaired) electrons. The third kappa shape index (κ3) is 4.23. The van der Waals surface area contributed by atoms with Crippen molar-refractivity contribution in [2.45, 2.75) is 13.8 Å². The van der Waals surface area contributed by atoms with E-state index in [-0.39, 0.29) is 12.3 Å². The Morgan fingerprint density at radius 3 is 2.50 bits per heavy atom. The van der Waals surface area contributed by atoms with Crippen LogP contribution in [-0.4, -0.2) is 42.8 Å². The van der Waals surface area contributed by atoms with Gasteiger partial charge in [0.1, 0.15) is 5.76 Å². The molecule has 128 valence electrons. The summed E-state index contributed by atoms with van der Waals surface area (Å²) in [4.78, 5) is 6.59. The molecule has 4 N–H and O–H groups in total. The number of aliphatic imine (C=N–C) groups is 1. The molecule has 0 unspecified atom stereocenters. The van der Waals surface area contributed by atoms with Gasteiger partial charge in [0.2, 0.25) is 0 Å². The summed E-state index contributed by atoms with van der Waals surface area (Å²) in [5.41, 5.74) is 8.85. The van der Waals surface area contributed by atoms with Crippen LogP contribution in [0.25, 0.3) is 0 Å². The lowest BCUT2D eigenvalue weighted by atomic mass is 10.1. The number of anilines is 1. The van der Waals surface area contributed by atoms with Crippen molar-refractivity contribution < 1.29 is 9.84 Å². The first-order valence-electron chi connectivity index (χ1n) is 8.04. The Morgan fingerprint density at radius 1 is 1.21 bits per heavy atom. The van der Waals surface area contributed by atoms with Gasteiger partial charge >= 0.3 is 0 Å². The summed E-state index contributed by atoms with van der Waals surface area (Å²) >= 11 is 0. The number of hydrogen-bond acceptors (Lipinski definition) is 6. The second kappa shape index (κ2) is 8.31. The fourth-order valence-corrected chi connectivity index (χ4v) is 2.43. The van der Waals surface area contributed by atoms with Gasteiger partial charge in [0.05, 0.1) is 36.0 Å². The molecule has 1 aliphatic rings. The zero-order chi connectivity index (χ0) is 17.5. The highest BCUT2D eigenvalue weighted by Crippen LogP contribution is 2.21. The Bertz CT molecular complexity index is 675. The third-order valence-corrected chi connectivity index (χ3v) is 3.64. The van der Waals surface area contributed by atoms with Gasteiger partial charge in [-0.3, -0.25) is 5.41 Å². The van der Waals surface area contributed by atoms with Crippen LogP contribution in [0.2, 0.25) is 0 Å². The van der Waals surface area contributed by atoms with Gasteiger partial charge in [0, 0.05) is 24.9 Å². The van der Waals surface area contributed by atoms with Gasteiger partial charge < -0.3 is 20.5 Å². The van der Waals surface area contributed by atoms with Crippen LogP contribution in [0.3, 0.4) is 0 Å². The minimum atomic E-state index is 0.119. The van der Waals surface area contributed by atoms with Gasteiger partial charge in [0.25, 0.3) is 0 Å². The van der Waals surface area contributed by atoms with Crippen LogP contribution in [0.15, 0.2) is 52.9 Å². The van der Waals surface area contributed by atoms with Crippen molar-refractivity contribution in [1.82, 2.24) is 0 Å². The zero-order valence-electron chi connectivity index (χ0n) is 14.1. The van der Waals surface area contributed by atoms with E-state index in [9.17, 15) is 0 Å². The number of nitrogens with zero attached hydrogens (tertiary/aromatic N) is 2. The van der Waals surface area contributed by atoms with Crippen LogP contribution in [0.1, 0.15) is 13.8 Å². The van der Waals surface area contributed by atoms with Crippen molar-refractivity contribution in [3.8, 4) is 0 Å². The van der Waals surface area contributed by atoms with Gasteiger partial charge in [0.15, 0.2) is 0 Å². The molecule has 1 aromatic rings. The van der Waals surface area contributed by atoms with E-state index in [1.54, 1.807) is 12.2 Å². The maximum Gasteiger partial charge on any atom is 0.144 e. The molecule has 0 heterocycles. The second-order valence-corrected chi connectivity index (χ2v) is 5.27. The van der Waals surface area contributed by atoms with E-state index in [0.717, 1.165) is 17.9 Å². The normalized spacial score (nSPS) is 16.0. The summed E-state index contributed by atoms with van der Waals surface area (Å²) in [6, 6.07) is 7.71. The smallest absolute Gasteiger partial charge is 0.144 e. The van der Waals surface area contributed by atoms with Crippen molar-refractivity contribution in [3.05, 3.63) is 47.9 Å². The highest BCUT2D eigenvalue weighted by atomic mass is 16.5. The van der Waals surface area contributed by atoms with E-state index in [2.05, 4.69) is 9.89 Å². The summed E-state index contributed by atoms with van der Waals surface area (Å²) in [6.45, 7) is 5.98. The predicted octanol–water partition coefficient (Wildman–Crippen LogP) is 2.37.